The number of rotatable bonds is 7. The number of nitrogens with zero attached hydrogens (tertiary/aromatic N) is 2. The van der Waals surface area contributed by atoms with E-state index in [1.165, 1.54) is 33.6 Å². The van der Waals surface area contributed by atoms with E-state index in [1.807, 2.05) is 0 Å². The summed E-state index contributed by atoms with van der Waals surface area (Å²) in [5.74, 6) is 0.155. The molecular formula is C18H29N3O4S. The SMILES string of the molecule is CCN(CC)S(=O)(=O)c1ccc(=O)n(CC(=O)N[C@H]2CCCC[C@@H]2C)c1. The first-order valence-corrected chi connectivity index (χ1v) is 10.7. The van der Waals surface area contributed by atoms with Crippen molar-refractivity contribution in [3.05, 3.63) is 28.7 Å². The lowest BCUT2D eigenvalue weighted by Crippen LogP contribution is -2.43. The molecular weight excluding hydrogens is 354 g/mol. The molecule has 1 fully saturated rings. The standard InChI is InChI=1S/C18H29N3O4S/c1-4-21(5-2)26(24,25)15-10-11-18(23)20(12-15)13-17(22)19-16-9-7-6-8-14(16)3/h10-12,14,16H,4-9,13H2,1-3H3,(H,19,22)/t14-,16-/m0/s1. The Morgan fingerprint density at radius 3 is 2.50 bits per heavy atom. The smallest absolute Gasteiger partial charge is 0.251 e. The molecule has 1 heterocycles. The molecule has 1 aromatic rings. The van der Waals surface area contributed by atoms with Gasteiger partial charge in [0.1, 0.15) is 6.54 Å². The van der Waals surface area contributed by atoms with Crippen molar-refractivity contribution in [3.8, 4) is 0 Å². The van der Waals surface area contributed by atoms with Crippen molar-refractivity contribution in [1.82, 2.24) is 14.2 Å². The van der Waals surface area contributed by atoms with Gasteiger partial charge >= 0.3 is 0 Å². The Morgan fingerprint density at radius 2 is 1.88 bits per heavy atom. The van der Waals surface area contributed by atoms with Gasteiger partial charge in [0.15, 0.2) is 0 Å². The lowest BCUT2D eigenvalue weighted by Gasteiger charge is -2.29. The van der Waals surface area contributed by atoms with Crippen molar-refractivity contribution in [2.24, 2.45) is 5.92 Å². The molecule has 0 aromatic carbocycles. The van der Waals surface area contributed by atoms with Gasteiger partial charge in [-0.2, -0.15) is 4.31 Å². The Labute approximate surface area is 155 Å². The van der Waals surface area contributed by atoms with Gasteiger partial charge in [0, 0.05) is 31.4 Å². The highest BCUT2D eigenvalue weighted by Gasteiger charge is 2.24. The van der Waals surface area contributed by atoms with Gasteiger partial charge in [0.2, 0.25) is 15.9 Å². The van der Waals surface area contributed by atoms with Gasteiger partial charge in [-0.05, 0) is 24.8 Å². The normalized spacial score (nSPS) is 20.9. The molecule has 0 bridgehead atoms. The maximum absolute atomic E-state index is 12.6. The van der Waals surface area contributed by atoms with Crippen molar-refractivity contribution in [2.75, 3.05) is 13.1 Å². The highest BCUT2D eigenvalue weighted by atomic mass is 32.2. The molecule has 1 aliphatic carbocycles. The summed E-state index contributed by atoms with van der Waals surface area (Å²) in [5, 5.41) is 2.99. The van der Waals surface area contributed by atoms with Crippen LogP contribution in [0.1, 0.15) is 46.5 Å². The second-order valence-electron chi connectivity index (χ2n) is 6.86. The molecule has 0 unspecified atom stereocenters. The molecule has 0 radical (unpaired) electrons. The molecule has 26 heavy (non-hydrogen) atoms. The number of carbonyl (C=O) groups is 1. The van der Waals surface area contributed by atoms with Crippen molar-refractivity contribution in [1.29, 1.82) is 0 Å². The number of hydrogen-bond donors (Lipinski definition) is 1. The van der Waals surface area contributed by atoms with Crippen LogP contribution < -0.4 is 10.9 Å². The number of nitrogens with one attached hydrogen (secondary N) is 1. The largest absolute Gasteiger partial charge is 0.352 e. The Balaban J connectivity index is 2.17. The van der Waals surface area contributed by atoms with E-state index in [-0.39, 0.29) is 23.4 Å². The quantitative estimate of drug-likeness (QED) is 0.774. The second-order valence-corrected chi connectivity index (χ2v) is 8.79. The zero-order valence-electron chi connectivity index (χ0n) is 15.8. The van der Waals surface area contributed by atoms with Crippen molar-refractivity contribution < 1.29 is 13.2 Å². The number of pyridine rings is 1. The predicted octanol–water partition coefficient (Wildman–Crippen LogP) is 1.57. The summed E-state index contributed by atoms with van der Waals surface area (Å²) in [6, 6.07) is 2.62. The van der Waals surface area contributed by atoms with E-state index < -0.39 is 15.6 Å². The van der Waals surface area contributed by atoms with Crippen LogP contribution >= 0.6 is 0 Å². The maximum Gasteiger partial charge on any atom is 0.251 e. The van der Waals surface area contributed by atoms with Crippen LogP contribution in [0.3, 0.4) is 0 Å². The van der Waals surface area contributed by atoms with Gasteiger partial charge < -0.3 is 9.88 Å². The number of amides is 1. The molecule has 0 aliphatic heterocycles. The zero-order valence-corrected chi connectivity index (χ0v) is 16.6. The van der Waals surface area contributed by atoms with E-state index in [2.05, 4.69) is 12.2 Å². The highest BCUT2D eigenvalue weighted by molar-refractivity contribution is 7.89. The number of aromatic nitrogens is 1. The first kappa shape index (κ1) is 20.6. The molecule has 1 aromatic heterocycles. The first-order valence-electron chi connectivity index (χ1n) is 9.29. The molecule has 2 atom stereocenters. The summed E-state index contributed by atoms with van der Waals surface area (Å²) in [7, 11) is -3.67. The molecule has 1 aliphatic rings. The molecule has 2 rings (SSSR count). The van der Waals surface area contributed by atoms with Crippen LogP contribution in [-0.4, -0.2) is 42.3 Å². The monoisotopic (exact) mass is 383 g/mol. The van der Waals surface area contributed by atoms with Crippen LogP contribution in [0.25, 0.3) is 0 Å². The van der Waals surface area contributed by atoms with Gasteiger partial charge in [-0.3, -0.25) is 9.59 Å². The zero-order chi connectivity index (χ0) is 19.3. The van der Waals surface area contributed by atoms with E-state index in [1.54, 1.807) is 13.8 Å². The van der Waals surface area contributed by atoms with Crippen molar-refractivity contribution >= 4 is 15.9 Å². The molecule has 146 valence electrons. The number of hydrogen-bond acceptors (Lipinski definition) is 4. The fraction of sp³-hybridized carbons (Fsp3) is 0.667. The van der Waals surface area contributed by atoms with E-state index >= 15 is 0 Å². The summed E-state index contributed by atoms with van der Waals surface area (Å²) in [6.45, 7) is 6.15. The van der Waals surface area contributed by atoms with Crippen LogP contribution in [0, 0.1) is 5.92 Å². The van der Waals surface area contributed by atoms with Crippen LogP contribution in [-0.2, 0) is 21.4 Å². The molecule has 0 spiro atoms. The van der Waals surface area contributed by atoms with Crippen LogP contribution in [0.15, 0.2) is 28.0 Å². The minimum atomic E-state index is -3.67. The Kier molecular flexibility index (Phi) is 7.00. The Bertz CT molecular complexity index is 784. The average molecular weight is 384 g/mol. The van der Waals surface area contributed by atoms with Crippen molar-refractivity contribution in [3.63, 3.8) is 0 Å². The summed E-state index contributed by atoms with van der Waals surface area (Å²) in [4.78, 5) is 24.5. The molecule has 1 saturated carbocycles. The van der Waals surface area contributed by atoms with Crippen LogP contribution in [0.2, 0.25) is 0 Å². The van der Waals surface area contributed by atoms with Gasteiger partial charge in [0.25, 0.3) is 5.56 Å². The molecule has 0 saturated heterocycles. The Morgan fingerprint density at radius 1 is 1.23 bits per heavy atom. The minimum absolute atomic E-state index is 0.0274. The third-order valence-corrected chi connectivity index (χ3v) is 7.10. The summed E-state index contributed by atoms with van der Waals surface area (Å²) < 4.78 is 27.7. The topological polar surface area (TPSA) is 88.5 Å². The van der Waals surface area contributed by atoms with Gasteiger partial charge in [-0.25, -0.2) is 8.42 Å². The lowest BCUT2D eigenvalue weighted by atomic mass is 9.86. The number of carbonyl (C=O) groups excluding carboxylic acids is 1. The molecule has 1 N–H and O–H groups in total. The maximum atomic E-state index is 12.6. The van der Waals surface area contributed by atoms with E-state index in [0.717, 1.165) is 19.3 Å². The first-order chi connectivity index (χ1) is 12.3. The minimum Gasteiger partial charge on any atom is -0.352 e. The second kappa shape index (κ2) is 8.81. The Hall–Kier alpha value is -1.67. The fourth-order valence-electron chi connectivity index (χ4n) is 3.44. The van der Waals surface area contributed by atoms with Crippen LogP contribution in [0.4, 0.5) is 0 Å². The number of sulfonamides is 1. The molecule has 7 nitrogen and oxygen atoms in total. The highest BCUT2D eigenvalue weighted by Crippen LogP contribution is 2.23. The van der Waals surface area contributed by atoms with E-state index in [0.29, 0.717) is 19.0 Å². The van der Waals surface area contributed by atoms with E-state index in [9.17, 15) is 18.0 Å². The van der Waals surface area contributed by atoms with Gasteiger partial charge in [-0.1, -0.05) is 33.6 Å². The van der Waals surface area contributed by atoms with Gasteiger partial charge in [-0.15, -0.1) is 0 Å². The summed E-state index contributed by atoms with van der Waals surface area (Å²) in [6.07, 6.45) is 5.56. The average Bonchev–Trinajstić information content (AvgIpc) is 2.59. The molecule has 1 amide bonds. The van der Waals surface area contributed by atoms with E-state index in [4.69, 9.17) is 0 Å². The fourth-order valence-corrected chi connectivity index (χ4v) is 4.91. The predicted molar refractivity (Wildman–Crippen MR) is 100 cm³/mol. The third kappa shape index (κ3) is 4.73. The lowest BCUT2D eigenvalue weighted by molar-refractivity contribution is -0.123. The molecule has 8 heteroatoms. The summed E-state index contributed by atoms with van der Waals surface area (Å²) >= 11 is 0. The summed E-state index contributed by atoms with van der Waals surface area (Å²) in [5.41, 5.74) is -0.393. The van der Waals surface area contributed by atoms with Crippen LogP contribution in [0.5, 0.6) is 0 Å². The van der Waals surface area contributed by atoms with Crippen molar-refractivity contribution in [2.45, 2.75) is 63.9 Å². The third-order valence-electron chi connectivity index (χ3n) is 5.07. The van der Waals surface area contributed by atoms with Gasteiger partial charge in [0.05, 0.1) is 4.90 Å².